The van der Waals surface area contributed by atoms with E-state index >= 15 is 0 Å². The Morgan fingerprint density at radius 2 is 2.10 bits per heavy atom. The molecule has 104 valence electrons. The summed E-state index contributed by atoms with van der Waals surface area (Å²) in [5.41, 5.74) is 0.746. The van der Waals surface area contributed by atoms with Crippen molar-refractivity contribution in [3.8, 4) is 5.75 Å². The Bertz CT molecular complexity index is 662. The SMILES string of the molecule is COc1ccc(Br)c(Nc2ncc(Br)cc2C(=O)O)c1. The van der Waals surface area contributed by atoms with Crippen molar-refractivity contribution in [2.45, 2.75) is 0 Å². The van der Waals surface area contributed by atoms with Gasteiger partial charge in [-0.15, -0.1) is 0 Å². The predicted octanol–water partition coefficient (Wildman–Crippen LogP) is 4.06. The lowest BCUT2D eigenvalue weighted by Crippen LogP contribution is -2.05. The molecule has 1 heterocycles. The summed E-state index contributed by atoms with van der Waals surface area (Å²) in [6, 6.07) is 6.84. The van der Waals surface area contributed by atoms with E-state index in [2.05, 4.69) is 42.2 Å². The molecular formula is C13H10Br2N2O3. The van der Waals surface area contributed by atoms with Crippen LogP contribution < -0.4 is 10.1 Å². The van der Waals surface area contributed by atoms with E-state index in [1.165, 1.54) is 12.3 Å². The monoisotopic (exact) mass is 400 g/mol. The summed E-state index contributed by atoms with van der Waals surface area (Å²) in [6.07, 6.45) is 1.53. The van der Waals surface area contributed by atoms with Crippen LogP contribution in [-0.2, 0) is 0 Å². The van der Waals surface area contributed by atoms with Crippen LogP contribution in [0, 0.1) is 0 Å². The molecule has 2 aromatic rings. The van der Waals surface area contributed by atoms with Gasteiger partial charge in [0.15, 0.2) is 0 Å². The third-order valence-corrected chi connectivity index (χ3v) is 3.64. The second-order valence-corrected chi connectivity index (χ2v) is 5.60. The van der Waals surface area contributed by atoms with Gasteiger partial charge in [-0.1, -0.05) is 0 Å². The van der Waals surface area contributed by atoms with Crippen LogP contribution in [0.25, 0.3) is 0 Å². The Kier molecular flexibility index (Phi) is 4.61. The summed E-state index contributed by atoms with van der Waals surface area (Å²) in [5.74, 6) is -0.139. The van der Waals surface area contributed by atoms with Crippen LogP contribution in [-0.4, -0.2) is 23.2 Å². The van der Waals surface area contributed by atoms with Gasteiger partial charge >= 0.3 is 5.97 Å². The molecule has 0 fully saturated rings. The van der Waals surface area contributed by atoms with Crippen LogP contribution in [0.2, 0.25) is 0 Å². The molecule has 0 aliphatic rings. The fraction of sp³-hybridized carbons (Fsp3) is 0.0769. The minimum Gasteiger partial charge on any atom is -0.497 e. The topological polar surface area (TPSA) is 71.5 Å². The number of nitrogens with zero attached hydrogens (tertiary/aromatic N) is 1. The lowest BCUT2D eigenvalue weighted by Gasteiger charge is -2.11. The third-order valence-electron chi connectivity index (χ3n) is 2.51. The molecule has 0 unspecified atom stereocenters. The van der Waals surface area contributed by atoms with E-state index in [4.69, 9.17) is 4.74 Å². The van der Waals surface area contributed by atoms with Gasteiger partial charge in [0, 0.05) is 21.2 Å². The van der Waals surface area contributed by atoms with E-state index in [1.54, 1.807) is 25.3 Å². The number of methoxy groups -OCH3 is 1. The maximum atomic E-state index is 11.2. The number of carboxylic acid groups (broad SMARTS) is 1. The van der Waals surface area contributed by atoms with Crippen molar-refractivity contribution < 1.29 is 14.6 Å². The van der Waals surface area contributed by atoms with Gasteiger partial charge in [-0.05, 0) is 50.1 Å². The second kappa shape index (κ2) is 6.23. The molecular weight excluding hydrogens is 392 g/mol. The Morgan fingerprint density at radius 1 is 1.35 bits per heavy atom. The van der Waals surface area contributed by atoms with Crippen LogP contribution in [0.15, 0.2) is 39.4 Å². The minimum atomic E-state index is -1.06. The molecule has 5 nitrogen and oxygen atoms in total. The molecule has 1 aromatic carbocycles. The highest BCUT2D eigenvalue weighted by Gasteiger charge is 2.13. The van der Waals surface area contributed by atoms with Gasteiger partial charge in [-0.2, -0.15) is 0 Å². The van der Waals surface area contributed by atoms with Crippen molar-refractivity contribution in [1.82, 2.24) is 4.98 Å². The molecule has 1 aromatic heterocycles. The van der Waals surface area contributed by atoms with E-state index in [9.17, 15) is 9.90 Å². The first kappa shape index (κ1) is 14.8. The molecule has 0 atom stereocenters. The normalized spacial score (nSPS) is 10.2. The fourth-order valence-corrected chi connectivity index (χ4v) is 2.23. The van der Waals surface area contributed by atoms with Crippen LogP contribution in [0.1, 0.15) is 10.4 Å². The van der Waals surface area contributed by atoms with Gasteiger partial charge in [0.25, 0.3) is 0 Å². The second-order valence-electron chi connectivity index (χ2n) is 3.83. The quantitative estimate of drug-likeness (QED) is 0.808. The molecule has 0 saturated heterocycles. The first-order chi connectivity index (χ1) is 9.51. The number of rotatable bonds is 4. The Morgan fingerprint density at radius 3 is 2.75 bits per heavy atom. The third kappa shape index (κ3) is 3.29. The first-order valence-electron chi connectivity index (χ1n) is 5.50. The highest BCUT2D eigenvalue weighted by molar-refractivity contribution is 9.10. The Hall–Kier alpha value is -1.60. The number of aromatic carboxylic acids is 1. The summed E-state index contributed by atoms with van der Waals surface area (Å²) in [4.78, 5) is 15.3. The van der Waals surface area contributed by atoms with Crippen molar-refractivity contribution in [2.75, 3.05) is 12.4 Å². The zero-order valence-corrected chi connectivity index (χ0v) is 13.5. The van der Waals surface area contributed by atoms with Crippen molar-refractivity contribution in [3.05, 3.63) is 45.0 Å². The number of ether oxygens (including phenoxy) is 1. The number of hydrogen-bond donors (Lipinski definition) is 2. The number of benzene rings is 1. The van der Waals surface area contributed by atoms with E-state index in [1.807, 2.05) is 0 Å². The van der Waals surface area contributed by atoms with E-state index in [0.29, 0.717) is 15.9 Å². The first-order valence-corrected chi connectivity index (χ1v) is 7.09. The molecule has 7 heteroatoms. The van der Waals surface area contributed by atoms with E-state index < -0.39 is 5.97 Å². The lowest BCUT2D eigenvalue weighted by atomic mass is 10.2. The van der Waals surface area contributed by atoms with Crippen molar-refractivity contribution in [1.29, 1.82) is 0 Å². The Balaban J connectivity index is 2.42. The van der Waals surface area contributed by atoms with Crippen LogP contribution in [0.4, 0.5) is 11.5 Å². The number of anilines is 2. The van der Waals surface area contributed by atoms with Crippen LogP contribution >= 0.6 is 31.9 Å². The molecule has 20 heavy (non-hydrogen) atoms. The number of halogens is 2. The molecule has 2 rings (SSSR count). The molecule has 2 N–H and O–H groups in total. The van der Waals surface area contributed by atoms with E-state index in [-0.39, 0.29) is 11.4 Å². The Labute approximate surface area is 132 Å². The van der Waals surface area contributed by atoms with Gasteiger partial charge in [0.1, 0.15) is 17.1 Å². The summed E-state index contributed by atoms with van der Waals surface area (Å²) >= 11 is 6.60. The van der Waals surface area contributed by atoms with Crippen molar-refractivity contribution in [3.63, 3.8) is 0 Å². The summed E-state index contributed by atoms with van der Waals surface area (Å²) in [6.45, 7) is 0. The van der Waals surface area contributed by atoms with Crippen molar-refractivity contribution >= 4 is 49.3 Å². The molecule has 0 radical (unpaired) electrons. The summed E-state index contributed by atoms with van der Waals surface area (Å²) < 4.78 is 6.52. The summed E-state index contributed by atoms with van der Waals surface area (Å²) in [5, 5.41) is 12.2. The van der Waals surface area contributed by atoms with Crippen LogP contribution in [0.3, 0.4) is 0 Å². The molecule has 0 aliphatic carbocycles. The zero-order valence-electron chi connectivity index (χ0n) is 10.4. The van der Waals surface area contributed by atoms with Gasteiger partial charge in [0.2, 0.25) is 0 Å². The van der Waals surface area contributed by atoms with Gasteiger partial charge in [-0.3, -0.25) is 0 Å². The van der Waals surface area contributed by atoms with Crippen molar-refractivity contribution in [2.24, 2.45) is 0 Å². The van der Waals surface area contributed by atoms with Gasteiger partial charge in [0.05, 0.1) is 12.8 Å². The molecule has 0 spiro atoms. The predicted molar refractivity (Wildman–Crippen MR) is 82.9 cm³/mol. The molecule has 0 aliphatic heterocycles. The molecule has 0 bridgehead atoms. The smallest absolute Gasteiger partial charge is 0.339 e. The number of pyridine rings is 1. The fourth-order valence-electron chi connectivity index (χ4n) is 1.56. The molecule has 0 amide bonds. The number of carbonyl (C=O) groups is 1. The number of hydrogen-bond acceptors (Lipinski definition) is 4. The van der Waals surface area contributed by atoms with Gasteiger partial charge in [-0.25, -0.2) is 9.78 Å². The largest absolute Gasteiger partial charge is 0.497 e. The zero-order chi connectivity index (χ0) is 14.7. The number of carboxylic acids is 1. The highest BCUT2D eigenvalue weighted by Crippen LogP contribution is 2.30. The summed E-state index contributed by atoms with van der Waals surface area (Å²) in [7, 11) is 1.56. The highest BCUT2D eigenvalue weighted by atomic mass is 79.9. The van der Waals surface area contributed by atoms with Gasteiger partial charge < -0.3 is 15.2 Å². The average molecular weight is 402 g/mol. The maximum Gasteiger partial charge on any atom is 0.339 e. The number of nitrogens with one attached hydrogen (secondary N) is 1. The molecule has 0 saturated carbocycles. The number of aromatic nitrogens is 1. The van der Waals surface area contributed by atoms with Crippen LogP contribution in [0.5, 0.6) is 5.75 Å². The van der Waals surface area contributed by atoms with E-state index in [0.717, 1.165) is 4.47 Å². The maximum absolute atomic E-state index is 11.2. The lowest BCUT2D eigenvalue weighted by molar-refractivity contribution is 0.0697. The minimum absolute atomic E-state index is 0.0779. The average Bonchev–Trinajstić information content (AvgIpc) is 2.42. The standard InChI is InChI=1S/C13H10Br2N2O3/c1-20-8-2-3-10(15)11(5-8)17-12-9(13(18)19)4-7(14)6-16-12/h2-6H,1H3,(H,16,17)(H,18,19).